The molecular weight excluding hydrogens is 755 g/mol. The van der Waals surface area contributed by atoms with Gasteiger partial charge in [0.05, 0.1) is 25.4 Å². The zero-order valence-corrected chi connectivity index (χ0v) is 40.9. The van der Waals surface area contributed by atoms with Crippen molar-refractivity contribution in [3.05, 3.63) is 24.3 Å². The predicted octanol–water partition coefficient (Wildman–Crippen LogP) is 16.3. The van der Waals surface area contributed by atoms with Crippen LogP contribution in [0.2, 0.25) is 0 Å². The van der Waals surface area contributed by atoms with E-state index in [-0.39, 0.29) is 18.5 Å². The summed E-state index contributed by atoms with van der Waals surface area (Å²) in [5, 5.41) is 23.0. The molecule has 0 aromatic carbocycles. The molecule has 61 heavy (non-hydrogen) atoms. The molecule has 0 rings (SSSR count). The van der Waals surface area contributed by atoms with Crippen LogP contribution in [0.25, 0.3) is 0 Å². The Morgan fingerprint density at radius 3 is 1.16 bits per heavy atom. The Balaban J connectivity index is 3.42. The van der Waals surface area contributed by atoms with E-state index in [4.69, 9.17) is 4.74 Å². The van der Waals surface area contributed by atoms with E-state index in [1.54, 1.807) is 6.08 Å². The van der Waals surface area contributed by atoms with Gasteiger partial charge in [-0.15, -0.1) is 0 Å². The first-order chi connectivity index (χ1) is 30.0. The molecule has 0 saturated heterocycles. The van der Waals surface area contributed by atoms with Crippen LogP contribution in [0, 0.1) is 0 Å². The predicted molar refractivity (Wildman–Crippen MR) is 264 cm³/mol. The lowest BCUT2D eigenvalue weighted by molar-refractivity contribution is -0.143. The first-order valence-corrected chi connectivity index (χ1v) is 27.1. The van der Waals surface area contributed by atoms with Crippen LogP contribution in [0.15, 0.2) is 24.3 Å². The first kappa shape index (κ1) is 59.3. The molecule has 1 amide bonds. The van der Waals surface area contributed by atoms with Crippen LogP contribution in [0.3, 0.4) is 0 Å². The molecule has 6 nitrogen and oxygen atoms in total. The monoisotopic (exact) mass is 860 g/mol. The third kappa shape index (κ3) is 47.7. The lowest BCUT2D eigenvalue weighted by Crippen LogP contribution is -2.45. The summed E-state index contributed by atoms with van der Waals surface area (Å²) in [5.41, 5.74) is 0. The summed E-state index contributed by atoms with van der Waals surface area (Å²) in [6.45, 7) is 4.88. The fraction of sp³-hybridized carbons (Fsp3) is 0.891. The van der Waals surface area contributed by atoms with Gasteiger partial charge in [0, 0.05) is 12.8 Å². The Morgan fingerprint density at radius 1 is 0.443 bits per heavy atom. The number of aliphatic hydroxyl groups excluding tert-OH is 2. The quantitative estimate of drug-likeness (QED) is 0.0322. The molecule has 0 bridgehead atoms. The summed E-state index contributed by atoms with van der Waals surface area (Å²) in [6.07, 6.45) is 60.4. The molecule has 0 radical (unpaired) electrons. The Kier molecular flexibility index (Phi) is 49.6. The molecule has 0 aliphatic carbocycles. The van der Waals surface area contributed by atoms with E-state index in [1.807, 2.05) is 6.08 Å². The topological polar surface area (TPSA) is 95.9 Å². The van der Waals surface area contributed by atoms with Gasteiger partial charge in [0.1, 0.15) is 0 Å². The summed E-state index contributed by atoms with van der Waals surface area (Å²) in [6, 6.07) is -0.629. The number of aliphatic hydroxyl groups is 2. The maximum absolute atomic E-state index is 12.4. The zero-order chi connectivity index (χ0) is 44.4. The molecule has 0 aromatic heterocycles. The summed E-state index contributed by atoms with van der Waals surface area (Å²) in [7, 11) is 0. The van der Waals surface area contributed by atoms with Crippen molar-refractivity contribution < 1.29 is 24.5 Å². The number of esters is 1. The molecule has 0 fully saturated rings. The maximum atomic E-state index is 12.4. The molecule has 2 atom stereocenters. The Morgan fingerprint density at radius 2 is 0.770 bits per heavy atom. The van der Waals surface area contributed by atoms with Gasteiger partial charge in [-0.1, -0.05) is 244 Å². The van der Waals surface area contributed by atoms with Gasteiger partial charge < -0.3 is 20.3 Å². The number of amides is 1. The van der Waals surface area contributed by atoms with Crippen molar-refractivity contribution in [2.45, 2.75) is 302 Å². The van der Waals surface area contributed by atoms with E-state index in [0.29, 0.717) is 19.4 Å². The van der Waals surface area contributed by atoms with Gasteiger partial charge in [0.25, 0.3) is 0 Å². The number of carbonyl (C=O) groups is 2. The number of ether oxygens (including phenoxy) is 1. The molecule has 0 aromatic rings. The molecule has 3 N–H and O–H groups in total. The highest BCUT2D eigenvalue weighted by Crippen LogP contribution is 2.16. The number of unbranched alkanes of at least 4 members (excludes halogenated alkanes) is 37. The molecule has 0 saturated carbocycles. The second kappa shape index (κ2) is 51.0. The zero-order valence-electron chi connectivity index (χ0n) is 40.9. The third-order valence-electron chi connectivity index (χ3n) is 12.5. The minimum absolute atomic E-state index is 0.00230. The largest absolute Gasteiger partial charge is 0.466 e. The van der Waals surface area contributed by atoms with E-state index < -0.39 is 12.1 Å². The van der Waals surface area contributed by atoms with Crippen molar-refractivity contribution in [3.8, 4) is 0 Å². The van der Waals surface area contributed by atoms with Crippen molar-refractivity contribution in [3.63, 3.8) is 0 Å². The Hall–Kier alpha value is -1.66. The van der Waals surface area contributed by atoms with Crippen molar-refractivity contribution >= 4 is 11.9 Å². The Bertz CT molecular complexity index is 951. The lowest BCUT2D eigenvalue weighted by Gasteiger charge is -2.20. The van der Waals surface area contributed by atoms with Crippen LogP contribution in [0.1, 0.15) is 290 Å². The van der Waals surface area contributed by atoms with Crippen molar-refractivity contribution in [2.24, 2.45) is 0 Å². The van der Waals surface area contributed by atoms with Gasteiger partial charge >= 0.3 is 5.97 Å². The summed E-state index contributed by atoms with van der Waals surface area (Å²) < 4.78 is 5.47. The molecule has 0 aliphatic heterocycles. The number of allylic oxidation sites excluding steroid dienone is 3. The van der Waals surface area contributed by atoms with Crippen LogP contribution >= 0.6 is 0 Å². The number of hydrogen-bond acceptors (Lipinski definition) is 5. The highest BCUT2D eigenvalue weighted by atomic mass is 16.5. The van der Waals surface area contributed by atoms with Crippen LogP contribution in [-0.4, -0.2) is 47.4 Å². The fourth-order valence-corrected chi connectivity index (χ4v) is 8.27. The second-order valence-corrected chi connectivity index (χ2v) is 18.6. The molecule has 360 valence electrons. The third-order valence-corrected chi connectivity index (χ3v) is 12.5. The van der Waals surface area contributed by atoms with E-state index >= 15 is 0 Å². The standard InChI is InChI=1S/C55H105NO5/c1-3-5-7-9-11-13-15-17-25-29-33-37-41-45-49-55(60)61-50-46-42-38-34-30-26-23-21-19-18-20-22-24-28-32-36-40-44-48-54(59)56-52(51-57)53(58)47-43-39-35-31-27-16-14-12-10-8-6-4-2/h15,17,43,47,52-53,57-58H,3-14,16,18-42,44-46,48-51H2,1-2H3,(H,56,59)/b17-15-,47-43+. The number of nitrogens with one attached hydrogen (secondary N) is 1. The fourth-order valence-electron chi connectivity index (χ4n) is 8.27. The van der Waals surface area contributed by atoms with Gasteiger partial charge in [-0.25, -0.2) is 0 Å². The van der Waals surface area contributed by atoms with Crippen LogP contribution in [0.4, 0.5) is 0 Å². The van der Waals surface area contributed by atoms with Gasteiger partial charge in [0.2, 0.25) is 5.91 Å². The van der Waals surface area contributed by atoms with Gasteiger partial charge in [0.15, 0.2) is 0 Å². The highest BCUT2D eigenvalue weighted by Gasteiger charge is 2.18. The molecule has 6 heteroatoms. The average Bonchev–Trinajstić information content (AvgIpc) is 3.26. The normalized spacial score (nSPS) is 12.8. The summed E-state index contributed by atoms with van der Waals surface area (Å²) >= 11 is 0. The molecule has 2 unspecified atom stereocenters. The minimum Gasteiger partial charge on any atom is -0.466 e. The van der Waals surface area contributed by atoms with E-state index in [1.165, 1.54) is 218 Å². The van der Waals surface area contributed by atoms with Gasteiger partial charge in [-0.2, -0.15) is 0 Å². The number of carbonyl (C=O) groups excluding carboxylic acids is 2. The van der Waals surface area contributed by atoms with E-state index in [0.717, 1.165) is 44.9 Å². The Labute approximate surface area is 380 Å². The van der Waals surface area contributed by atoms with Gasteiger partial charge in [-0.3, -0.25) is 9.59 Å². The maximum Gasteiger partial charge on any atom is 0.305 e. The van der Waals surface area contributed by atoms with Crippen LogP contribution < -0.4 is 5.32 Å². The van der Waals surface area contributed by atoms with E-state index in [9.17, 15) is 19.8 Å². The number of rotatable bonds is 50. The molecule has 0 spiro atoms. The van der Waals surface area contributed by atoms with Crippen molar-refractivity contribution in [2.75, 3.05) is 13.2 Å². The van der Waals surface area contributed by atoms with Crippen LogP contribution in [0.5, 0.6) is 0 Å². The summed E-state index contributed by atoms with van der Waals surface area (Å²) in [5.74, 6) is -0.0750. The molecular formula is C55H105NO5. The van der Waals surface area contributed by atoms with Gasteiger partial charge in [-0.05, 0) is 57.8 Å². The van der Waals surface area contributed by atoms with Crippen LogP contribution in [-0.2, 0) is 14.3 Å². The second-order valence-electron chi connectivity index (χ2n) is 18.6. The SMILES string of the molecule is CCCCCCC/C=C\CCCCCCCC(=O)OCCCCCCCCCCCCCCCCCCCCC(=O)NC(CO)C(O)/C=C/CCCCCCCCCCCC. The van der Waals surface area contributed by atoms with Crippen molar-refractivity contribution in [1.29, 1.82) is 0 Å². The lowest BCUT2D eigenvalue weighted by atomic mass is 10.0. The van der Waals surface area contributed by atoms with E-state index in [2.05, 4.69) is 31.3 Å². The minimum atomic E-state index is -0.845. The highest BCUT2D eigenvalue weighted by molar-refractivity contribution is 5.76. The first-order valence-electron chi connectivity index (χ1n) is 27.1. The number of hydrogen-bond donors (Lipinski definition) is 3. The average molecular weight is 860 g/mol. The smallest absolute Gasteiger partial charge is 0.305 e. The summed E-state index contributed by atoms with van der Waals surface area (Å²) in [4.78, 5) is 24.4. The van der Waals surface area contributed by atoms with Crippen molar-refractivity contribution in [1.82, 2.24) is 5.32 Å². The molecule has 0 aliphatic rings. The molecule has 0 heterocycles.